The maximum absolute atomic E-state index is 10.9. The van der Waals surface area contributed by atoms with Crippen LogP contribution in [0, 0.1) is 0 Å². The SMILES string of the molecule is O=C(O)c1cccc(CNc2ccc3ncoc3c2)c1. The average molecular weight is 268 g/mol. The van der Waals surface area contributed by atoms with Crippen LogP contribution in [0.15, 0.2) is 53.3 Å². The van der Waals surface area contributed by atoms with Crippen LogP contribution in [-0.2, 0) is 6.54 Å². The van der Waals surface area contributed by atoms with Crippen molar-refractivity contribution in [3.63, 3.8) is 0 Å². The number of anilines is 1. The highest BCUT2D eigenvalue weighted by Gasteiger charge is 2.04. The van der Waals surface area contributed by atoms with Crippen LogP contribution in [0.4, 0.5) is 5.69 Å². The highest BCUT2D eigenvalue weighted by molar-refractivity contribution is 5.87. The third-order valence-corrected chi connectivity index (χ3v) is 3.00. The maximum atomic E-state index is 10.9. The Morgan fingerprint density at radius 2 is 2.15 bits per heavy atom. The molecule has 2 aromatic carbocycles. The summed E-state index contributed by atoms with van der Waals surface area (Å²) >= 11 is 0. The first-order chi connectivity index (χ1) is 9.72. The van der Waals surface area contributed by atoms with Gasteiger partial charge in [0, 0.05) is 18.3 Å². The lowest BCUT2D eigenvalue weighted by Gasteiger charge is -2.07. The molecule has 1 heterocycles. The minimum atomic E-state index is -0.921. The summed E-state index contributed by atoms with van der Waals surface area (Å²) in [5.41, 5.74) is 3.62. The number of nitrogens with one attached hydrogen (secondary N) is 1. The first-order valence-corrected chi connectivity index (χ1v) is 6.12. The second-order valence-electron chi connectivity index (χ2n) is 4.39. The summed E-state index contributed by atoms with van der Waals surface area (Å²) in [4.78, 5) is 15.0. The zero-order valence-corrected chi connectivity index (χ0v) is 10.5. The van der Waals surface area contributed by atoms with Gasteiger partial charge in [-0.25, -0.2) is 9.78 Å². The molecule has 2 N–H and O–H groups in total. The Balaban J connectivity index is 1.75. The van der Waals surface area contributed by atoms with Crippen LogP contribution >= 0.6 is 0 Å². The van der Waals surface area contributed by atoms with Gasteiger partial charge < -0.3 is 14.8 Å². The highest BCUT2D eigenvalue weighted by atomic mass is 16.4. The molecule has 0 aliphatic carbocycles. The number of nitrogens with zero attached hydrogens (tertiary/aromatic N) is 1. The number of oxazole rings is 1. The summed E-state index contributed by atoms with van der Waals surface area (Å²) in [6, 6.07) is 12.5. The van der Waals surface area contributed by atoms with Gasteiger partial charge in [-0.05, 0) is 29.8 Å². The summed E-state index contributed by atoms with van der Waals surface area (Å²) in [6.07, 6.45) is 1.41. The number of fused-ring (bicyclic) bond motifs is 1. The van der Waals surface area contributed by atoms with E-state index < -0.39 is 5.97 Å². The molecule has 0 atom stereocenters. The summed E-state index contributed by atoms with van der Waals surface area (Å²) in [6.45, 7) is 0.542. The molecule has 5 nitrogen and oxygen atoms in total. The van der Waals surface area contributed by atoms with Gasteiger partial charge in [0.15, 0.2) is 12.0 Å². The van der Waals surface area contributed by atoms with E-state index in [1.807, 2.05) is 24.3 Å². The summed E-state index contributed by atoms with van der Waals surface area (Å²) in [7, 11) is 0. The van der Waals surface area contributed by atoms with Crippen molar-refractivity contribution >= 4 is 22.8 Å². The van der Waals surface area contributed by atoms with Gasteiger partial charge in [0.2, 0.25) is 0 Å². The zero-order valence-electron chi connectivity index (χ0n) is 10.5. The molecular weight excluding hydrogens is 256 g/mol. The molecule has 0 amide bonds. The Hall–Kier alpha value is -2.82. The molecule has 100 valence electrons. The summed E-state index contributed by atoms with van der Waals surface area (Å²) in [5.74, 6) is -0.921. The molecule has 5 heteroatoms. The van der Waals surface area contributed by atoms with Crippen LogP contribution in [0.5, 0.6) is 0 Å². The Kier molecular flexibility index (Phi) is 3.09. The van der Waals surface area contributed by atoms with E-state index in [0.29, 0.717) is 12.1 Å². The van der Waals surface area contributed by atoms with Crippen LogP contribution in [0.2, 0.25) is 0 Å². The van der Waals surface area contributed by atoms with Crippen molar-refractivity contribution in [3.05, 3.63) is 60.0 Å². The molecule has 0 spiro atoms. The van der Waals surface area contributed by atoms with Gasteiger partial charge >= 0.3 is 5.97 Å². The van der Waals surface area contributed by atoms with Gasteiger partial charge in [0.25, 0.3) is 0 Å². The third-order valence-electron chi connectivity index (χ3n) is 3.00. The van der Waals surface area contributed by atoms with Crippen molar-refractivity contribution in [1.29, 1.82) is 0 Å². The topological polar surface area (TPSA) is 75.4 Å². The lowest BCUT2D eigenvalue weighted by molar-refractivity contribution is 0.0697. The Labute approximate surface area is 114 Å². The molecule has 0 saturated carbocycles. The maximum Gasteiger partial charge on any atom is 0.335 e. The molecule has 3 aromatic rings. The van der Waals surface area contributed by atoms with Crippen molar-refractivity contribution in [3.8, 4) is 0 Å². The number of rotatable bonds is 4. The third kappa shape index (κ3) is 2.47. The number of carbonyl (C=O) groups is 1. The van der Waals surface area contributed by atoms with E-state index in [-0.39, 0.29) is 5.56 Å². The number of hydrogen-bond donors (Lipinski definition) is 2. The number of benzene rings is 2. The smallest absolute Gasteiger partial charge is 0.335 e. The predicted molar refractivity (Wildman–Crippen MR) is 74.7 cm³/mol. The summed E-state index contributed by atoms with van der Waals surface area (Å²) in [5, 5.41) is 12.2. The molecule has 0 aliphatic heterocycles. The predicted octanol–water partition coefficient (Wildman–Crippen LogP) is 3.14. The fourth-order valence-corrected chi connectivity index (χ4v) is 1.98. The second-order valence-corrected chi connectivity index (χ2v) is 4.39. The van der Waals surface area contributed by atoms with Gasteiger partial charge in [0.05, 0.1) is 5.56 Å². The van der Waals surface area contributed by atoms with Crippen LogP contribution in [-0.4, -0.2) is 16.1 Å². The second kappa shape index (κ2) is 5.05. The van der Waals surface area contributed by atoms with Crippen LogP contribution in [0.1, 0.15) is 15.9 Å². The highest BCUT2D eigenvalue weighted by Crippen LogP contribution is 2.18. The van der Waals surface area contributed by atoms with Gasteiger partial charge in [-0.1, -0.05) is 12.1 Å². The van der Waals surface area contributed by atoms with Crippen molar-refractivity contribution in [2.45, 2.75) is 6.54 Å². The lowest BCUT2D eigenvalue weighted by atomic mass is 10.1. The quantitative estimate of drug-likeness (QED) is 0.760. The Morgan fingerprint density at radius 3 is 3.00 bits per heavy atom. The van der Waals surface area contributed by atoms with Gasteiger partial charge in [-0.2, -0.15) is 0 Å². The largest absolute Gasteiger partial charge is 0.478 e. The fourth-order valence-electron chi connectivity index (χ4n) is 1.98. The minimum absolute atomic E-state index is 0.287. The molecule has 3 rings (SSSR count). The molecule has 1 aromatic heterocycles. The van der Waals surface area contributed by atoms with E-state index in [1.54, 1.807) is 18.2 Å². The van der Waals surface area contributed by atoms with E-state index in [1.165, 1.54) is 6.39 Å². The van der Waals surface area contributed by atoms with Gasteiger partial charge in [-0.3, -0.25) is 0 Å². The zero-order chi connectivity index (χ0) is 13.9. The average Bonchev–Trinajstić information content (AvgIpc) is 2.93. The van der Waals surface area contributed by atoms with Gasteiger partial charge in [-0.15, -0.1) is 0 Å². The van der Waals surface area contributed by atoms with Crippen LogP contribution in [0.25, 0.3) is 11.1 Å². The molecular formula is C15H12N2O3. The molecule has 0 aliphatic rings. The van der Waals surface area contributed by atoms with E-state index >= 15 is 0 Å². The van der Waals surface area contributed by atoms with Crippen LogP contribution < -0.4 is 5.32 Å². The van der Waals surface area contributed by atoms with E-state index in [4.69, 9.17) is 9.52 Å². The number of aromatic nitrogens is 1. The molecule has 0 bridgehead atoms. The minimum Gasteiger partial charge on any atom is -0.478 e. The van der Waals surface area contributed by atoms with Crippen LogP contribution in [0.3, 0.4) is 0 Å². The number of hydrogen-bond acceptors (Lipinski definition) is 4. The fraction of sp³-hybridized carbons (Fsp3) is 0.0667. The normalized spacial score (nSPS) is 10.6. The molecule has 0 saturated heterocycles. The lowest BCUT2D eigenvalue weighted by Crippen LogP contribution is -2.02. The van der Waals surface area contributed by atoms with Crippen molar-refractivity contribution in [2.24, 2.45) is 0 Å². The van der Waals surface area contributed by atoms with E-state index in [0.717, 1.165) is 16.8 Å². The van der Waals surface area contributed by atoms with E-state index in [2.05, 4.69) is 10.3 Å². The Bertz CT molecular complexity index is 764. The first kappa shape index (κ1) is 12.2. The van der Waals surface area contributed by atoms with Crippen molar-refractivity contribution < 1.29 is 14.3 Å². The monoisotopic (exact) mass is 268 g/mol. The molecule has 0 unspecified atom stereocenters. The number of carboxylic acids is 1. The number of aromatic carboxylic acids is 1. The molecule has 0 radical (unpaired) electrons. The number of carboxylic acid groups (broad SMARTS) is 1. The summed E-state index contributed by atoms with van der Waals surface area (Å²) < 4.78 is 5.23. The molecule has 20 heavy (non-hydrogen) atoms. The van der Waals surface area contributed by atoms with E-state index in [9.17, 15) is 4.79 Å². The van der Waals surface area contributed by atoms with Crippen molar-refractivity contribution in [1.82, 2.24) is 4.98 Å². The molecule has 0 fully saturated rings. The van der Waals surface area contributed by atoms with Gasteiger partial charge in [0.1, 0.15) is 5.52 Å². The first-order valence-electron chi connectivity index (χ1n) is 6.12. The van der Waals surface area contributed by atoms with Crippen molar-refractivity contribution in [2.75, 3.05) is 5.32 Å². The standard InChI is InChI=1S/C15H12N2O3/c18-15(19)11-3-1-2-10(6-11)8-16-12-4-5-13-14(7-12)20-9-17-13/h1-7,9,16H,8H2,(H,18,19). The Morgan fingerprint density at radius 1 is 1.25 bits per heavy atom.